The van der Waals surface area contributed by atoms with E-state index in [0.29, 0.717) is 6.20 Å². The monoisotopic (exact) mass is 243 g/mol. The van der Waals surface area contributed by atoms with E-state index in [2.05, 4.69) is 4.98 Å². The third kappa shape index (κ3) is 2.65. The molecule has 90 valence electrons. The van der Waals surface area contributed by atoms with Gasteiger partial charge < -0.3 is 0 Å². The quantitative estimate of drug-likeness (QED) is 0.685. The van der Waals surface area contributed by atoms with Gasteiger partial charge in [-0.05, 0) is 18.1 Å². The van der Waals surface area contributed by atoms with E-state index >= 15 is 0 Å². The van der Waals surface area contributed by atoms with Crippen molar-refractivity contribution in [1.82, 2.24) is 4.98 Å². The van der Waals surface area contributed by atoms with Crippen molar-refractivity contribution in [3.05, 3.63) is 29.1 Å². The minimum Gasteiger partial charge on any atom is -0.251 e. The molecule has 7 heteroatoms. The average molecular weight is 243 g/mol. The van der Waals surface area contributed by atoms with Crippen LogP contribution in [0.25, 0.3) is 0 Å². The van der Waals surface area contributed by atoms with Crippen LogP contribution in [0.5, 0.6) is 0 Å². The van der Waals surface area contributed by atoms with Gasteiger partial charge in [0.25, 0.3) is 0 Å². The third-order valence-electron chi connectivity index (χ3n) is 1.96. The Morgan fingerprint density at radius 2 is 1.62 bits per heavy atom. The second kappa shape index (κ2) is 3.95. The Labute approximate surface area is 87.1 Å². The highest BCUT2D eigenvalue weighted by Gasteiger charge is 2.38. The summed E-state index contributed by atoms with van der Waals surface area (Å²) < 4.78 is 73.7. The van der Waals surface area contributed by atoms with Crippen molar-refractivity contribution in [2.45, 2.75) is 25.7 Å². The fourth-order valence-electron chi connectivity index (χ4n) is 1.18. The van der Waals surface area contributed by atoms with Crippen LogP contribution in [0.3, 0.4) is 0 Å². The van der Waals surface area contributed by atoms with E-state index in [1.165, 1.54) is 6.92 Å². The number of hydrogen-bond donors (Lipinski definition) is 0. The minimum atomic E-state index is -4.87. The summed E-state index contributed by atoms with van der Waals surface area (Å²) in [5, 5.41) is 0. The Bertz CT molecular complexity index is 379. The van der Waals surface area contributed by atoms with Gasteiger partial charge in [0.1, 0.15) is 5.69 Å². The summed E-state index contributed by atoms with van der Waals surface area (Å²) in [6.07, 6.45) is -9.08. The lowest BCUT2D eigenvalue weighted by molar-refractivity contribution is -0.145. The molecule has 0 N–H and O–H groups in total. The molecule has 1 aromatic heterocycles. The van der Waals surface area contributed by atoms with Crippen LogP contribution in [0.2, 0.25) is 0 Å². The topological polar surface area (TPSA) is 12.9 Å². The van der Waals surface area contributed by atoms with Crippen molar-refractivity contribution in [2.24, 2.45) is 0 Å². The first kappa shape index (κ1) is 12.8. The second-order valence-corrected chi connectivity index (χ2v) is 3.08. The molecule has 0 aliphatic carbocycles. The molecule has 0 saturated heterocycles. The third-order valence-corrected chi connectivity index (χ3v) is 1.96. The summed E-state index contributed by atoms with van der Waals surface area (Å²) in [6.45, 7) is 1.42. The Kier molecular flexibility index (Phi) is 3.16. The first-order valence-electron chi connectivity index (χ1n) is 4.29. The van der Waals surface area contributed by atoms with Crippen molar-refractivity contribution in [2.75, 3.05) is 0 Å². The van der Waals surface area contributed by atoms with Crippen LogP contribution in [-0.4, -0.2) is 4.98 Å². The molecule has 0 aliphatic heterocycles. The molecule has 0 spiro atoms. The van der Waals surface area contributed by atoms with E-state index < -0.39 is 23.6 Å². The van der Waals surface area contributed by atoms with Crippen LogP contribution < -0.4 is 0 Å². The summed E-state index contributed by atoms with van der Waals surface area (Å²) >= 11 is 0. The van der Waals surface area contributed by atoms with Crippen molar-refractivity contribution in [3.8, 4) is 0 Å². The van der Waals surface area contributed by atoms with Gasteiger partial charge in [-0.1, -0.05) is 6.92 Å². The summed E-state index contributed by atoms with van der Waals surface area (Å²) in [4.78, 5) is 2.97. The van der Waals surface area contributed by atoms with Crippen LogP contribution >= 0.6 is 0 Å². The molecule has 16 heavy (non-hydrogen) atoms. The van der Waals surface area contributed by atoms with Crippen LogP contribution in [0.4, 0.5) is 26.3 Å². The Balaban J connectivity index is 3.34. The number of aromatic nitrogens is 1. The Morgan fingerprint density at radius 3 is 2.00 bits per heavy atom. The fourth-order valence-corrected chi connectivity index (χ4v) is 1.18. The predicted molar refractivity (Wildman–Crippen MR) is 43.6 cm³/mol. The maximum absolute atomic E-state index is 12.4. The number of halogens is 6. The zero-order valence-electron chi connectivity index (χ0n) is 8.08. The lowest BCUT2D eigenvalue weighted by Gasteiger charge is -2.13. The molecule has 0 radical (unpaired) electrons. The van der Waals surface area contributed by atoms with Crippen molar-refractivity contribution in [3.63, 3.8) is 0 Å². The highest BCUT2D eigenvalue weighted by Crippen LogP contribution is 2.36. The molecule has 1 heterocycles. The molecule has 0 aromatic carbocycles. The van der Waals surface area contributed by atoms with E-state index in [1.54, 1.807) is 0 Å². The van der Waals surface area contributed by atoms with Crippen LogP contribution in [0.1, 0.15) is 23.7 Å². The molecule has 1 nitrogen and oxygen atoms in total. The molecular weight excluding hydrogens is 236 g/mol. The van der Waals surface area contributed by atoms with E-state index in [9.17, 15) is 26.3 Å². The van der Waals surface area contributed by atoms with Crippen LogP contribution in [0.15, 0.2) is 12.3 Å². The number of aryl methyl sites for hydroxylation is 1. The number of alkyl halides is 6. The second-order valence-electron chi connectivity index (χ2n) is 3.08. The summed E-state index contributed by atoms with van der Waals surface area (Å²) in [5.74, 6) is 0. The predicted octanol–water partition coefficient (Wildman–Crippen LogP) is 3.68. The Morgan fingerprint density at radius 1 is 1.06 bits per heavy atom. The minimum absolute atomic E-state index is 0.0278. The molecule has 1 rings (SSSR count). The molecule has 0 fully saturated rings. The number of hydrogen-bond acceptors (Lipinski definition) is 1. The van der Waals surface area contributed by atoms with Crippen LogP contribution in [-0.2, 0) is 18.8 Å². The zero-order valence-corrected chi connectivity index (χ0v) is 8.08. The summed E-state index contributed by atoms with van der Waals surface area (Å²) in [5.41, 5.74) is -3.06. The van der Waals surface area contributed by atoms with Gasteiger partial charge in [-0.25, -0.2) is 0 Å². The number of nitrogens with zero attached hydrogens (tertiary/aromatic N) is 1. The SMILES string of the molecule is CCc1cnc(C(F)(F)F)cc1C(F)(F)F. The van der Waals surface area contributed by atoms with Crippen LogP contribution in [0, 0.1) is 0 Å². The van der Waals surface area contributed by atoms with Gasteiger partial charge in [0.2, 0.25) is 0 Å². The smallest absolute Gasteiger partial charge is 0.251 e. The van der Waals surface area contributed by atoms with Gasteiger partial charge in [0.05, 0.1) is 5.56 Å². The van der Waals surface area contributed by atoms with Crippen molar-refractivity contribution >= 4 is 0 Å². The molecule has 0 unspecified atom stereocenters. The molecular formula is C9H7F6N. The standard InChI is InChI=1S/C9H7F6N/c1-2-5-4-16-7(9(13,14)15)3-6(5)8(10,11)12/h3-4H,2H2,1H3. The zero-order chi connectivity index (χ0) is 12.6. The van der Waals surface area contributed by atoms with E-state index in [0.717, 1.165) is 0 Å². The van der Waals surface area contributed by atoms with E-state index in [4.69, 9.17) is 0 Å². The van der Waals surface area contributed by atoms with Gasteiger partial charge in [0.15, 0.2) is 0 Å². The lowest BCUT2D eigenvalue weighted by Crippen LogP contribution is -2.15. The molecule has 1 aromatic rings. The lowest BCUT2D eigenvalue weighted by atomic mass is 10.1. The summed E-state index contributed by atoms with van der Waals surface area (Å²) in [6, 6.07) is 0.0405. The Hall–Kier alpha value is -1.27. The maximum atomic E-state index is 12.4. The highest BCUT2D eigenvalue weighted by atomic mass is 19.4. The summed E-state index contributed by atoms with van der Waals surface area (Å²) in [7, 11) is 0. The first-order chi connectivity index (χ1) is 7.16. The number of pyridine rings is 1. The largest absolute Gasteiger partial charge is 0.433 e. The molecule has 0 bridgehead atoms. The average Bonchev–Trinajstić information content (AvgIpc) is 2.14. The van der Waals surface area contributed by atoms with Gasteiger partial charge in [-0.2, -0.15) is 26.3 Å². The molecule has 0 aliphatic rings. The maximum Gasteiger partial charge on any atom is 0.433 e. The number of rotatable bonds is 1. The molecule has 0 atom stereocenters. The molecule has 0 saturated carbocycles. The van der Waals surface area contributed by atoms with Crippen molar-refractivity contribution in [1.29, 1.82) is 0 Å². The van der Waals surface area contributed by atoms with E-state index in [-0.39, 0.29) is 18.1 Å². The fraction of sp³-hybridized carbons (Fsp3) is 0.444. The van der Waals surface area contributed by atoms with Gasteiger partial charge >= 0.3 is 12.4 Å². The molecule has 0 amide bonds. The van der Waals surface area contributed by atoms with Crippen molar-refractivity contribution < 1.29 is 26.3 Å². The highest BCUT2D eigenvalue weighted by molar-refractivity contribution is 5.30. The van der Waals surface area contributed by atoms with Gasteiger partial charge in [-0.3, -0.25) is 4.98 Å². The van der Waals surface area contributed by atoms with Gasteiger partial charge in [0, 0.05) is 6.20 Å². The normalized spacial score (nSPS) is 12.9. The first-order valence-corrected chi connectivity index (χ1v) is 4.29. The van der Waals surface area contributed by atoms with Gasteiger partial charge in [-0.15, -0.1) is 0 Å². The van der Waals surface area contributed by atoms with E-state index in [1.807, 2.05) is 0 Å².